The smallest absolute Gasteiger partial charge is 0.242 e. The maximum Gasteiger partial charge on any atom is 0.386 e. The third-order valence-corrected chi connectivity index (χ3v) is 3.31. The Morgan fingerprint density at radius 1 is 0.700 bits per heavy atom. The Kier molecular flexibility index (Phi) is 8.86. The second-order valence-corrected chi connectivity index (χ2v) is 7.02. The second kappa shape index (κ2) is 11.1. The number of hydrogen-bond donors (Lipinski definition) is 0. The lowest BCUT2D eigenvalue weighted by Crippen LogP contribution is -2.17. The lowest BCUT2D eigenvalue weighted by Gasteiger charge is -2.11. The molecule has 0 saturated heterocycles. The summed E-state index contributed by atoms with van der Waals surface area (Å²) in [6.45, 7) is 6.57. The molecule has 2 aromatic carbocycles. The Morgan fingerprint density at radius 3 is 1.27 bits per heavy atom. The molecule has 8 heteroatoms. The summed E-state index contributed by atoms with van der Waals surface area (Å²) in [6.07, 6.45) is 0. The summed E-state index contributed by atoms with van der Waals surface area (Å²) < 4.78 is 0. The summed E-state index contributed by atoms with van der Waals surface area (Å²) in [6, 6.07) is 20.5. The van der Waals surface area contributed by atoms with Crippen LogP contribution in [0.4, 0.5) is 0 Å². The molecule has 30 heavy (non-hydrogen) atoms. The molecule has 0 bridgehead atoms. The molecular weight excluding hydrogens is 384 g/mol. The molecule has 0 unspecified atom stereocenters. The predicted molar refractivity (Wildman–Crippen MR) is 108 cm³/mol. The van der Waals surface area contributed by atoms with Crippen molar-refractivity contribution in [2.24, 2.45) is 10.2 Å². The number of azo groups is 1. The van der Waals surface area contributed by atoms with Crippen molar-refractivity contribution in [3.05, 3.63) is 71.8 Å². The van der Waals surface area contributed by atoms with Crippen LogP contribution in [0.15, 0.2) is 70.9 Å². The van der Waals surface area contributed by atoms with Crippen LogP contribution < -0.4 is 0 Å². The van der Waals surface area contributed by atoms with Crippen LogP contribution in [0.3, 0.4) is 0 Å². The van der Waals surface area contributed by atoms with Crippen LogP contribution in [-0.4, -0.2) is 23.0 Å². The van der Waals surface area contributed by atoms with E-state index < -0.39 is 23.0 Å². The highest BCUT2D eigenvalue weighted by molar-refractivity contribution is 5.92. The minimum atomic E-state index is -0.839. The van der Waals surface area contributed by atoms with Crippen LogP contribution in [0.2, 0.25) is 0 Å². The van der Waals surface area contributed by atoms with Gasteiger partial charge < -0.3 is 0 Å². The molecule has 0 spiro atoms. The molecule has 0 heterocycles. The molecule has 0 aliphatic carbocycles. The molecule has 0 aliphatic rings. The van der Waals surface area contributed by atoms with E-state index in [1.807, 2.05) is 12.1 Å². The predicted octanol–water partition coefficient (Wildman–Crippen LogP) is 4.66. The largest absolute Gasteiger partial charge is 0.386 e. The molecule has 0 aromatic heterocycles. The van der Waals surface area contributed by atoms with Gasteiger partial charge in [0.1, 0.15) is 0 Å². The molecule has 2 rings (SSSR count). The number of nitriles is 2. The van der Waals surface area contributed by atoms with Crippen molar-refractivity contribution in [3.8, 4) is 12.1 Å². The van der Waals surface area contributed by atoms with Gasteiger partial charge in [0.25, 0.3) is 0 Å². The van der Waals surface area contributed by atoms with Gasteiger partial charge in [0, 0.05) is 0 Å². The van der Waals surface area contributed by atoms with Crippen LogP contribution in [0.1, 0.15) is 48.4 Å². The molecule has 154 valence electrons. The molecule has 0 saturated carbocycles. The number of nitrogens with zero attached hydrogens (tertiary/aromatic N) is 4. The van der Waals surface area contributed by atoms with Crippen molar-refractivity contribution in [1.82, 2.24) is 0 Å². The highest BCUT2D eigenvalue weighted by atomic mass is 17.2. The van der Waals surface area contributed by atoms with Gasteiger partial charge in [-0.3, -0.25) is 0 Å². The van der Waals surface area contributed by atoms with Crippen LogP contribution in [-0.2, 0) is 9.78 Å². The molecule has 0 amide bonds. The van der Waals surface area contributed by atoms with E-state index in [1.54, 1.807) is 88.4 Å². The topological polar surface area (TPSA) is 125 Å². The van der Waals surface area contributed by atoms with Crippen LogP contribution in [0, 0.1) is 22.7 Å². The number of hydrogen-bond acceptors (Lipinski definition) is 8. The first-order valence-electron chi connectivity index (χ1n) is 8.90. The number of rotatable bonds is 4. The zero-order chi connectivity index (χ0) is 22.6. The van der Waals surface area contributed by atoms with Gasteiger partial charge in [-0.05, 0) is 52.0 Å². The number of carbonyl (C=O) groups is 2. The normalized spacial score (nSPS) is 10.7. The van der Waals surface area contributed by atoms with Crippen molar-refractivity contribution in [2.75, 3.05) is 0 Å². The first kappa shape index (κ1) is 24.0. The van der Waals surface area contributed by atoms with Crippen molar-refractivity contribution in [2.45, 2.75) is 38.8 Å². The number of carbonyl (C=O) groups excluding carboxylic acids is 2. The maximum atomic E-state index is 11.5. The lowest BCUT2D eigenvalue weighted by atomic mass is 10.1. The first-order chi connectivity index (χ1) is 14.1. The standard InChI is InChI=1S/C14H10O4.C8H12N4/c15-13(11-7-3-1-4-8-11)17-18-14(16)12-9-5-2-6-10-12;1-7(2,5-9)11-12-8(3,4)6-10/h1-10H;1-4H3. The minimum absolute atomic E-state index is 0.318. The van der Waals surface area contributed by atoms with Crippen molar-refractivity contribution >= 4 is 11.9 Å². The monoisotopic (exact) mass is 406 g/mol. The van der Waals surface area contributed by atoms with E-state index in [1.165, 1.54) is 0 Å². The van der Waals surface area contributed by atoms with Gasteiger partial charge in [0.2, 0.25) is 0 Å². The summed E-state index contributed by atoms with van der Waals surface area (Å²) in [4.78, 5) is 31.9. The highest BCUT2D eigenvalue weighted by Gasteiger charge is 2.19. The van der Waals surface area contributed by atoms with Gasteiger partial charge in [-0.15, -0.1) is 0 Å². The van der Waals surface area contributed by atoms with Crippen molar-refractivity contribution in [3.63, 3.8) is 0 Å². The summed E-state index contributed by atoms with van der Waals surface area (Å²) >= 11 is 0. The SMILES string of the molecule is CC(C)(C#N)N=NC(C)(C)C#N.O=C(OOC(=O)c1ccccc1)c1ccccc1. The molecule has 0 atom stereocenters. The minimum Gasteiger partial charge on any atom is -0.242 e. The van der Waals surface area contributed by atoms with E-state index in [0.717, 1.165) is 0 Å². The molecule has 0 fully saturated rings. The average Bonchev–Trinajstić information content (AvgIpc) is 2.77. The fourth-order valence-electron chi connectivity index (χ4n) is 1.62. The third-order valence-electron chi connectivity index (χ3n) is 3.31. The van der Waals surface area contributed by atoms with E-state index in [2.05, 4.69) is 20.0 Å². The fraction of sp³-hybridized carbons (Fsp3) is 0.273. The zero-order valence-electron chi connectivity index (χ0n) is 17.2. The summed E-state index contributed by atoms with van der Waals surface area (Å²) in [5.41, 5.74) is -1.04. The molecule has 0 aliphatic heterocycles. The summed E-state index contributed by atoms with van der Waals surface area (Å²) in [7, 11) is 0. The molecule has 0 radical (unpaired) electrons. The Morgan fingerprint density at radius 2 is 1.00 bits per heavy atom. The summed E-state index contributed by atoms with van der Waals surface area (Å²) in [5.74, 6) is -1.42. The molecule has 0 N–H and O–H groups in total. The van der Waals surface area contributed by atoms with Crippen LogP contribution in [0.25, 0.3) is 0 Å². The van der Waals surface area contributed by atoms with Gasteiger partial charge in [-0.25, -0.2) is 19.4 Å². The van der Waals surface area contributed by atoms with Crippen molar-refractivity contribution < 1.29 is 19.4 Å². The Hall–Kier alpha value is -4.04. The van der Waals surface area contributed by atoms with Crippen molar-refractivity contribution in [1.29, 1.82) is 10.5 Å². The maximum absolute atomic E-state index is 11.5. The first-order valence-corrected chi connectivity index (χ1v) is 8.90. The molecule has 8 nitrogen and oxygen atoms in total. The van der Waals surface area contributed by atoms with E-state index >= 15 is 0 Å². The average molecular weight is 406 g/mol. The van der Waals surface area contributed by atoms with Gasteiger partial charge in [-0.1, -0.05) is 36.4 Å². The zero-order valence-corrected chi connectivity index (χ0v) is 17.2. The van der Waals surface area contributed by atoms with Crippen LogP contribution >= 0.6 is 0 Å². The Bertz CT molecular complexity index is 877. The summed E-state index contributed by atoms with van der Waals surface area (Å²) in [5, 5.41) is 24.7. The Balaban J connectivity index is 0.000000329. The third kappa shape index (κ3) is 8.77. The van der Waals surface area contributed by atoms with E-state index in [-0.39, 0.29) is 0 Å². The van der Waals surface area contributed by atoms with Gasteiger partial charge in [0.05, 0.1) is 23.3 Å². The van der Waals surface area contributed by atoms with Gasteiger partial charge in [-0.2, -0.15) is 20.8 Å². The fourth-order valence-corrected chi connectivity index (χ4v) is 1.62. The van der Waals surface area contributed by atoms with E-state index in [4.69, 9.17) is 10.5 Å². The second-order valence-electron chi connectivity index (χ2n) is 7.02. The quantitative estimate of drug-likeness (QED) is 0.413. The molecule has 2 aromatic rings. The van der Waals surface area contributed by atoms with E-state index in [0.29, 0.717) is 11.1 Å². The van der Waals surface area contributed by atoms with Gasteiger partial charge >= 0.3 is 11.9 Å². The highest BCUT2D eigenvalue weighted by Crippen LogP contribution is 2.13. The Labute approximate surface area is 175 Å². The van der Waals surface area contributed by atoms with Crippen LogP contribution in [0.5, 0.6) is 0 Å². The molecular formula is C22H22N4O4. The lowest BCUT2D eigenvalue weighted by molar-refractivity contribution is -0.187. The van der Waals surface area contributed by atoms with E-state index in [9.17, 15) is 9.59 Å². The van der Waals surface area contributed by atoms with Gasteiger partial charge in [0.15, 0.2) is 11.1 Å². The number of benzene rings is 2.